The number of likely N-dealkylation sites (tertiary alicyclic amines) is 1. The van der Waals surface area contributed by atoms with Gasteiger partial charge in [0.15, 0.2) is 0 Å². The van der Waals surface area contributed by atoms with Crippen molar-refractivity contribution >= 4 is 11.6 Å². The second-order valence-electron chi connectivity index (χ2n) is 7.49. The fraction of sp³-hybridized carbons (Fsp3) is 0.684. The van der Waals surface area contributed by atoms with Crippen LogP contribution in [-0.2, 0) is 14.3 Å². The van der Waals surface area contributed by atoms with Crippen LogP contribution in [0.4, 0.5) is 5.69 Å². The summed E-state index contributed by atoms with van der Waals surface area (Å²) in [5.41, 5.74) is 0.729. The molecule has 1 N–H and O–H groups in total. The third-order valence-electron chi connectivity index (χ3n) is 5.71. The van der Waals surface area contributed by atoms with Crippen LogP contribution in [0.3, 0.4) is 0 Å². The predicted molar refractivity (Wildman–Crippen MR) is 94.2 cm³/mol. The fourth-order valence-corrected chi connectivity index (χ4v) is 4.28. The van der Waals surface area contributed by atoms with Gasteiger partial charge in [-0.25, -0.2) is 0 Å². The summed E-state index contributed by atoms with van der Waals surface area (Å²) in [6.07, 6.45) is 7.52. The van der Waals surface area contributed by atoms with E-state index in [1.54, 1.807) is 12.4 Å². The van der Waals surface area contributed by atoms with Crippen LogP contribution in [0.2, 0.25) is 0 Å². The average molecular weight is 345 g/mol. The Balaban J connectivity index is 1.28. The number of amides is 1. The van der Waals surface area contributed by atoms with Gasteiger partial charge in [-0.1, -0.05) is 0 Å². The number of hydrogen-bond donors (Lipinski definition) is 1. The summed E-state index contributed by atoms with van der Waals surface area (Å²) in [5.74, 6) is 1.21. The maximum atomic E-state index is 12.5. The van der Waals surface area contributed by atoms with Crippen molar-refractivity contribution in [1.29, 1.82) is 0 Å². The smallest absolute Gasteiger partial charge is 0.253 e. The minimum atomic E-state index is -0.335. The first kappa shape index (κ1) is 16.9. The number of rotatable bonds is 4. The summed E-state index contributed by atoms with van der Waals surface area (Å²) >= 11 is 0. The molecule has 4 rings (SSSR count). The molecule has 3 atom stereocenters. The highest BCUT2D eigenvalue weighted by Gasteiger charge is 2.42. The average Bonchev–Trinajstić information content (AvgIpc) is 3.07. The quantitative estimate of drug-likeness (QED) is 0.903. The molecule has 0 saturated carbocycles. The summed E-state index contributed by atoms with van der Waals surface area (Å²) in [4.78, 5) is 19.0. The SMILES string of the molecule is O=C(Nc1cccnc1)[C@H]1C[C@@H]2CCN(CC3CCOCC3)C[C@H]2O1. The molecule has 3 saturated heterocycles. The van der Waals surface area contributed by atoms with E-state index >= 15 is 0 Å². The molecule has 6 nitrogen and oxygen atoms in total. The van der Waals surface area contributed by atoms with Crippen LogP contribution >= 0.6 is 0 Å². The number of fused-ring (bicyclic) bond motifs is 1. The Bertz CT molecular complexity index is 577. The van der Waals surface area contributed by atoms with E-state index in [9.17, 15) is 4.79 Å². The number of nitrogens with one attached hydrogen (secondary N) is 1. The van der Waals surface area contributed by atoms with Crippen molar-refractivity contribution in [3.05, 3.63) is 24.5 Å². The number of piperidine rings is 1. The van der Waals surface area contributed by atoms with Gasteiger partial charge in [-0.3, -0.25) is 9.78 Å². The van der Waals surface area contributed by atoms with E-state index in [-0.39, 0.29) is 18.1 Å². The number of pyridine rings is 1. The van der Waals surface area contributed by atoms with Crippen molar-refractivity contribution in [2.75, 3.05) is 38.2 Å². The van der Waals surface area contributed by atoms with Gasteiger partial charge in [0, 0.05) is 32.5 Å². The molecule has 0 unspecified atom stereocenters. The zero-order chi connectivity index (χ0) is 17.1. The lowest BCUT2D eigenvalue weighted by molar-refractivity contribution is -0.127. The van der Waals surface area contributed by atoms with Gasteiger partial charge < -0.3 is 19.7 Å². The largest absolute Gasteiger partial charge is 0.381 e. The molecule has 0 radical (unpaired) electrons. The van der Waals surface area contributed by atoms with Gasteiger partial charge >= 0.3 is 0 Å². The zero-order valence-electron chi connectivity index (χ0n) is 14.6. The van der Waals surface area contributed by atoms with Crippen LogP contribution in [0.5, 0.6) is 0 Å². The first-order valence-corrected chi connectivity index (χ1v) is 9.44. The van der Waals surface area contributed by atoms with Gasteiger partial charge in [0.1, 0.15) is 6.10 Å². The number of carbonyl (C=O) groups is 1. The summed E-state index contributed by atoms with van der Waals surface area (Å²) in [7, 11) is 0. The van der Waals surface area contributed by atoms with Gasteiger partial charge in [-0.05, 0) is 56.2 Å². The lowest BCUT2D eigenvalue weighted by Crippen LogP contribution is -2.45. The molecule has 1 aromatic rings. The zero-order valence-corrected chi connectivity index (χ0v) is 14.6. The molecule has 4 heterocycles. The van der Waals surface area contributed by atoms with Crippen molar-refractivity contribution in [1.82, 2.24) is 9.88 Å². The Hall–Kier alpha value is -1.50. The maximum Gasteiger partial charge on any atom is 0.253 e. The third-order valence-corrected chi connectivity index (χ3v) is 5.71. The van der Waals surface area contributed by atoms with E-state index in [4.69, 9.17) is 9.47 Å². The number of nitrogens with zero attached hydrogens (tertiary/aromatic N) is 2. The van der Waals surface area contributed by atoms with E-state index in [0.717, 1.165) is 57.3 Å². The molecular weight excluding hydrogens is 318 g/mol. The monoisotopic (exact) mass is 345 g/mol. The Morgan fingerprint density at radius 1 is 1.32 bits per heavy atom. The summed E-state index contributed by atoms with van der Waals surface area (Å²) in [5, 5.41) is 2.92. The first-order chi connectivity index (χ1) is 12.3. The summed E-state index contributed by atoms with van der Waals surface area (Å²) < 4.78 is 11.6. The number of aromatic nitrogens is 1. The van der Waals surface area contributed by atoms with Crippen LogP contribution in [-0.4, -0.2) is 60.8 Å². The van der Waals surface area contributed by atoms with E-state index in [1.807, 2.05) is 12.1 Å². The highest BCUT2D eigenvalue weighted by molar-refractivity contribution is 5.94. The molecule has 136 valence electrons. The third kappa shape index (κ3) is 4.19. The van der Waals surface area contributed by atoms with Crippen LogP contribution in [0.15, 0.2) is 24.5 Å². The van der Waals surface area contributed by atoms with Crippen molar-refractivity contribution in [3.8, 4) is 0 Å². The Labute approximate surface area is 148 Å². The van der Waals surface area contributed by atoms with Crippen molar-refractivity contribution in [3.63, 3.8) is 0 Å². The molecule has 0 bridgehead atoms. The molecule has 0 spiro atoms. The predicted octanol–water partition coefficient (Wildman–Crippen LogP) is 1.93. The van der Waals surface area contributed by atoms with Gasteiger partial charge in [-0.15, -0.1) is 0 Å². The molecule has 3 aliphatic rings. The molecule has 3 fully saturated rings. The van der Waals surface area contributed by atoms with E-state index in [0.29, 0.717) is 5.92 Å². The number of anilines is 1. The van der Waals surface area contributed by atoms with Crippen molar-refractivity contribution in [2.45, 2.75) is 37.9 Å². The molecule has 25 heavy (non-hydrogen) atoms. The lowest BCUT2D eigenvalue weighted by Gasteiger charge is -2.36. The minimum absolute atomic E-state index is 0.0432. The summed E-state index contributed by atoms with van der Waals surface area (Å²) in [6.45, 7) is 5.02. The molecule has 6 heteroatoms. The van der Waals surface area contributed by atoms with E-state index in [2.05, 4.69) is 15.2 Å². The number of ether oxygens (including phenoxy) is 2. The standard InChI is InChI=1S/C19H27N3O3/c23-19(21-16-2-1-6-20-11-16)17-10-15-3-7-22(13-18(15)25-17)12-14-4-8-24-9-5-14/h1-2,6,11,14-15,17-18H,3-5,7-10,12-13H2,(H,21,23)/t15-,17+,18+/m0/s1. The lowest BCUT2D eigenvalue weighted by atomic mass is 9.90. The second kappa shape index (κ2) is 7.81. The first-order valence-electron chi connectivity index (χ1n) is 9.44. The minimum Gasteiger partial charge on any atom is -0.381 e. The van der Waals surface area contributed by atoms with Crippen LogP contribution < -0.4 is 5.32 Å². The van der Waals surface area contributed by atoms with Crippen LogP contribution in [0.1, 0.15) is 25.7 Å². The molecule has 3 aliphatic heterocycles. The Kier molecular flexibility index (Phi) is 5.29. The Morgan fingerprint density at radius 3 is 3.00 bits per heavy atom. The normalized spacial score (nSPS) is 30.8. The summed E-state index contributed by atoms with van der Waals surface area (Å²) in [6, 6.07) is 3.67. The van der Waals surface area contributed by atoms with Crippen LogP contribution in [0.25, 0.3) is 0 Å². The van der Waals surface area contributed by atoms with Gasteiger partial charge in [-0.2, -0.15) is 0 Å². The Morgan fingerprint density at radius 2 is 2.20 bits per heavy atom. The molecule has 1 amide bonds. The number of carbonyl (C=O) groups excluding carboxylic acids is 1. The molecular formula is C19H27N3O3. The van der Waals surface area contributed by atoms with Gasteiger partial charge in [0.2, 0.25) is 0 Å². The van der Waals surface area contributed by atoms with Crippen LogP contribution in [0, 0.1) is 11.8 Å². The fourth-order valence-electron chi connectivity index (χ4n) is 4.28. The highest BCUT2D eigenvalue weighted by Crippen LogP contribution is 2.34. The number of hydrogen-bond acceptors (Lipinski definition) is 5. The van der Waals surface area contributed by atoms with Gasteiger partial charge in [0.05, 0.1) is 18.0 Å². The molecule has 1 aromatic heterocycles. The molecule has 0 aromatic carbocycles. The van der Waals surface area contributed by atoms with Gasteiger partial charge in [0.25, 0.3) is 5.91 Å². The van der Waals surface area contributed by atoms with E-state index in [1.165, 1.54) is 12.8 Å². The second-order valence-corrected chi connectivity index (χ2v) is 7.49. The van der Waals surface area contributed by atoms with Crippen molar-refractivity contribution < 1.29 is 14.3 Å². The maximum absolute atomic E-state index is 12.5. The van der Waals surface area contributed by atoms with E-state index < -0.39 is 0 Å². The van der Waals surface area contributed by atoms with Crippen molar-refractivity contribution in [2.24, 2.45) is 11.8 Å². The molecule has 0 aliphatic carbocycles. The topological polar surface area (TPSA) is 63.7 Å². The highest BCUT2D eigenvalue weighted by atomic mass is 16.5.